The monoisotopic (exact) mass is 196 g/mol. The fraction of sp³-hybridized carbons (Fsp3) is 1.00. The Balaban J connectivity index is 2.01. The van der Waals surface area contributed by atoms with E-state index in [0.717, 1.165) is 17.9 Å². The molecule has 0 unspecified atom stereocenters. The van der Waals surface area contributed by atoms with E-state index >= 15 is 0 Å². The summed E-state index contributed by atoms with van der Waals surface area (Å²) >= 11 is 0. The van der Waals surface area contributed by atoms with Crippen molar-refractivity contribution in [3.05, 3.63) is 0 Å². The first-order valence-electron chi connectivity index (χ1n) is 5.98. The van der Waals surface area contributed by atoms with Gasteiger partial charge in [0.1, 0.15) is 0 Å². The van der Waals surface area contributed by atoms with Crippen molar-refractivity contribution in [3.63, 3.8) is 0 Å². The van der Waals surface area contributed by atoms with Crippen molar-refractivity contribution in [2.45, 2.75) is 33.7 Å². The van der Waals surface area contributed by atoms with Gasteiger partial charge in [-0.3, -0.25) is 4.90 Å². The fourth-order valence-corrected chi connectivity index (χ4v) is 2.94. The molecular formula is C12H24N2. The maximum absolute atomic E-state index is 3.53. The molecule has 0 aromatic carbocycles. The summed E-state index contributed by atoms with van der Waals surface area (Å²) in [5.41, 5.74) is 0.559. The zero-order valence-corrected chi connectivity index (χ0v) is 10.0. The first-order chi connectivity index (χ1) is 6.53. The molecule has 0 aromatic heterocycles. The lowest BCUT2D eigenvalue weighted by atomic mass is 9.83. The van der Waals surface area contributed by atoms with Crippen molar-refractivity contribution >= 4 is 0 Å². The summed E-state index contributed by atoms with van der Waals surface area (Å²) in [5, 5.41) is 3.53. The highest BCUT2D eigenvalue weighted by atomic mass is 15.2. The third kappa shape index (κ3) is 1.59. The van der Waals surface area contributed by atoms with Gasteiger partial charge in [-0.1, -0.05) is 20.8 Å². The highest BCUT2D eigenvalue weighted by molar-refractivity contribution is 5.01. The van der Waals surface area contributed by atoms with Crippen LogP contribution in [0.4, 0.5) is 0 Å². The lowest BCUT2D eigenvalue weighted by Gasteiger charge is -2.29. The second-order valence-corrected chi connectivity index (χ2v) is 5.90. The molecule has 0 aromatic rings. The molecule has 0 radical (unpaired) electrons. The highest BCUT2D eigenvalue weighted by Crippen LogP contribution is 2.39. The molecule has 0 amide bonds. The number of rotatable bonds is 2. The molecule has 1 N–H and O–H groups in total. The second-order valence-electron chi connectivity index (χ2n) is 5.90. The Morgan fingerprint density at radius 2 is 2.07 bits per heavy atom. The summed E-state index contributed by atoms with van der Waals surface area (Å²) in [7, 11) is 0. The molecule has 2 aliphatic heterocycles. The van der Waals surface area contributed by atoms with E-state index in [2.05, 4.69) is 37.9 Å². The minimum absolute atomic E-state index is 0.559. The predicted octanol–water partition coefficient (Wildman–Crippen LogP) is 1.57. The van der Waals surface area contributed by atoms with Gasteiger partial charge in [-0.2, -0.15) is 0 Å². The van der Waals surface area contributed by atoms with Crippen LogP contribution < -0.4 is 5.32 Å². The van der Waals surface area contributed by atoms with Crippen molar-refractivity contribution in [1.82, 2.24) is 10.2 Å². The number of hydrogen-bond acceptors (Lipinski definition) is 2. The molecule has 2 rings (SSSR count). The van der Waals surface area contributed by atoms with Crippen LogP contribution in [-0.4, -0.2) is 37.1 Å². The van der Waals surface area contributed by atoms with Crippen molar-refractivity contribution < 1.29 is 0 Å². The van der Waals surface area contributed by atoms with Crippen LogP contribution >= 0.6 is 0 Å². The SMILES string of the molecule is CC(C)[C@H](C)N1C[C@H]2CNC[C@@]2(C)C1. The first-order valence-corrected chi connectivity index (χ1v) is 5.98. The van der Waals surface area contributed by atoms with Crippen LogP contribution in [-0.2, 0) is 0 Å². The van der Waals surface area contributed by atoms with Gasteiger partial charge < -0.3 is 5.32 Å². The largest absolute Gasteiger partial charge is 0.316 e. The van der Waals surface area contributed by atoms with E-state index < -0.39 is 0 Å². The molecule has 0 spiro atoms. The Hall–Kier alpha value is -0.0800. The molecule has 14 heavy (non-hydrogen) atoms. The topological polar surface area (TPSA) is 15.3 Å². The van der Waals surface area contributed by atoms with Crippen molar-refractivity contribution in [1.29, 1.82) is 0 Å². The zero-order chi connectivity index (χ0) is 10.3. The van der Waals surface area contributed by atoms with Gasteiger partial charge >= 0.3 is 0 Å². The van der Waals surface area contributed by atoms with Gasteiger partial charge in [0.2, 0.25) is 0 Å². The summed E-state index contributed by atoms with van der Waals surface area (Å²) < 4.78 is 0. The minimum atomic E-state index is 0.559. The van der Waals surface area contributed by atoms with Gasteiger partial charge in [0.15, 0.2) is 0 Å². The quantitative estimate of drug-likeness (QED) is 0.721. The van der Waals surface area contributed by atoms with Crippen LogP contribution in [0.15, 0.2) is 0 Å². The average molecular weight is 196 g/mol. The Kier molecular flexibility index (Phi) is 2.61. The zero-order valence-electron chi connectivity index (χ0n) is 10.0. The van der Waals surface area contributed by atoms with Crippen molar-refractivity contribution in [2.75, 3.05) is 26.2 Å². The van der Waals surface area contributed by atoms with E-state index in [4.69, 9.17) is 0 Å². The smallest absolute Gasteiger partial charge is 0.00902 e. The fourth-order valence-electron chi connectivity index (χ4n) is 2.94. The maximum atomic E-state index is 3.53. The molecule has 2 heterocycles. The van der Waals surface area contributed by atoms with Gasteiger partial charge in [-0.15, -0.1) is 0 Å². The normalized spacial score (nSPS) is 40.5. The first kappa shape index (κ1) is 10.4. The number of fused-ring (bicyclic) bond motifs is 1. The maximum Gasteiger partial charge on any atom is 0.00902 e. The molecule has 2 heteroatoms. The van der Waals surface area contributed by atoms with E-state index in [1.54, 1.807) is 0 Å². The lowest BCUT2D eigenvalue weighted by Crippen LogP contribution is -2.38. The Bertz CT molecular complexity index is 214. The highest BCUT2D eigenvalue weighted by Gasteiger charge is 2.47. The van der Waals surface area contributed by atoms with Gasteiger partial charge in [0.05, 0.1) is 0 Å². The molecule has 3 atom stereocenters. The van der Waals surface area contributed by atoms with E-state index in [-0.39, 0.29) is 0 Å². The number of nitrogens with zero attached hydrogens (tertiary/aromatic N) is 1. The summed E-state index contributed by atoms with van der Waals surface area (Å²) in [6.07, 6.45) is 0. The third-order valence-corrected chi connectivity index (χ3v) is 4.47. The van der Waals surface area contributed by atoms with Crippen molar-refractivity contribution in [2.24, 2.45) is 17.3 Å². The average Bonchev–Trinajstić information content (AvgIpc) is 2.57. The van der Waals surface area contributed by atoms with Gasteiger partial charge in [0, 0.05) is 25.7 Å². The van der Waals surface area contributed by atoms with Crippen LogP contribution in [0, 0.1) is 17.3 Å². The van der Waals surface area contributed by atoms with E-state index in [1.165, 1.54) is 26.2 Å². The van der Waals surface area contributed by atoms with E-state index in [1.807, 2.05) is 0 Å². The van der Waals surface area contributed by atoms with Crippen LogP contribution in [0.5, 0.6) is 0 Å². The van der Waals surface area contributed by atoms with Gasteiger partial charge in [0.25, 0.3) is 0 Å². The van der Waals surface area contributed by atoms with E-state index in [0.29, 0.717) is 5.41 Å². The lowest BCUT2D eigenvalue weighted by molar-refractivity contribution is 0.183. The third-order valence-electron chi connectivity index (χ3n) is 4.47. The van der Waals surface area contributed by atoms with Gasteiger partial charge in [-0.05, 0) is 30.7 Å². The molecule has 2 aliphatic rings. The molecular weight excluding hydrogens is 172 g/mol. The van der Waals surface area contributed by atoms with Crippen LogP contribution in [0.3, 0.4) is 0 Å². The van der Waals surface area contributed by atoms with Crippen LogP contribution in [0.1, 0.15) is 27.7 Å². The summed E-state index contributed by atoms with van der Waals surface area (Å²) in [6.45, 7) is 14.6. The molecule has 2 fully saturated rings. The van der Waals surface area contributed by atoms with Crippen LogP contribution in [0.25, 0.3) is 0 Å². The van der Waals surface area contributed by atoms with E-state index in [9.17, 15) is 0 Å². The number of likely N-dealkylation sites (tertiary alicyclic amines) is 1. The molecule has 2 nitrogen and oxygen atoms in total. The Morgan fingerprint density at radius 3 is 2.64 bits per heavy atom. The summed E-state index contributed by atoms with van der Waals surface area (Å²) in [6, 6.07) is 0.748. The standard InChI is InChI=1S/C12H24N2/c1-9(2)10(3)14-6-11-5-13-7-12(11,4)8-14/h9-11,13H,5-8H2,1-4H3/t10-,11+,12-/m0/s1. The molecule has 0 bridgehead atoms. The number of hydrogen-bond donors (Lipinski definition) is 1. The Morgan fingerprint density at radius 1 is 1.36 bits per heavy atom. The second kappa shape index (κ2) is 3.49. The van der Waals surface area contributed by atoms with Crippen molar-refractivity contribution in [3.8, 4) is 0 Å². The number of nitrogens with one attached hydrogen (secondary N) is 1. The minimum Gasteiger partial charge on any atom is -0.316 e. The molecule has 0 aliphatic carbocycles. The molecule has 0 saturated carbocycles. The van der Waals surface area contributed by atoms with Crippen LogP contribution in [0.2, 0.25) is 0 Å². The Labute approximate surface area is 88.1 Å². The van der Waals surface area contributed by atoms with Gasteiger partial charge in [-0.25, -0.2) is 0 Å². The summed E-state index contributed by atoms with van der Waals surface area (Å²) in [4.78, 5) is 2.69. The predicted molar refractivity (Wildman–Crippen MR) is 60.3 cm³/mol. The molecule has 82 valence electrons. The molecule has 2 saturated heterocycles. The summed E-state index contributed by atoms with van der Waals surface area (Å²) in [5.74, 6) is 1.68.